The summed E-state index contributed by atoms with van der Waals surface area (Å²) in [6.07, 6.45) is 1.01. The van der Waals surface area contributed by atoms with Crippen molar-refractivity contribution in [1.29, 1.82) is 0 Å². The molecule has 1 N–H and O–H groups in total. The quantitative estimate of drug-likeness (QED) is 0.739. The zero-order valence-corrected chi connectivity index (χ0v) is 13.7. The first kappa shape index (κ1) is 15.2. The number of rotatable bonds is 6. The first-order valence-electron chi connectivity index (χ1n) is 6.59. The zero-order chi connectivity index (χ0) is 14.4. The lowest BCUT2D eigenvalue weighted by atomic mass is 10.2. The van der Waals surface area contributed by atoms with Gasteiger partial charge in [-0.2, -0.15) is 0 Å². The van der Waals surface area contributed by atoms with Crippen molar-refractivity contribution in [2.45, 2.75) is 19.9 Å². The van der Waals surface area contributed by atoms with Crippen LogP contribution in [0.4, 0.5) is 5.69 Å². The van der Waals surface area contributed by atoms with Crippen molar-refractivity contribution in [2.24, 2.45) is 0 Å². The number of hydrogen-bond donors (Lipinski definition) is 1. The lowest BCUT2D eigenvalue weighted by molar-refractivity contribution is 0.317. The molecular weight excluding hydrogens is 338 g/mol. The number of halogens is 2. The summed E-state index contributed by atoms with van der Waals surface area (Å²) in [5.74, 6) is 0.913. The first-order valence-corrected chi connectivity index (χ1v) is 7.77. The van der Waals surface area contributed by atoms with Gasteiger partial charge in [-0.05, 0) is 58.2 Å². The van der Waals surface area contributed by atoms with Crippen molar-refractivity contribution >= 4 is 33.2 Å². The van der Waals surface area contributed by atoms with E-state index >= 15 is 0 Å². The molecule has 106 valence electrons. The normalized spacial score (nSPS) is 10.3. The topological polar surface area (TPSA) is 21.3 Å². The van der Waals surface area contributed by atoms with Crippen LogP contribution in [-0.4, -0.2) is 6.61 Å². The molecule has 0 aliphatic heterocycles. The molecule has 0 heterocycles. The highest BCUT2D eigenvalue weighted by Gasteiger charge is 2.02. The van der Waals surface area contributed by atoms with Crippen molar-refractivity contribution in [2.75, 3.05) is 11.9 Å². The Morgan fingerprint density at radius 2 is 2.05 bits per heavy atom. The molecule has 4 heteroatoms. The summed E-state index contributed by atoms with van der Waals surface area (Å²) in [5.41, 5.74) is 2.16. The van der Waals surface area contributed by atoms with Crippen molar-refractivity contribution < 1.29 is 4.74 Å². The van der Waals surface area contributed by atoms with Crippen LogP contribution in [0.1, 0.15) is 18.9 Å². The molecule has 0 saturated heterocycles. The molecule has 20 heavy (non-hydrogen) atoms. The van der Waals surface area contributed by atoms with Crippen LogP contribution in [0.2, 0.25) is 5.02 Å². The second kappa shape index (κ2) is 7.55. The van der Waals surface area contributed by atoms with E-state index in [4.69, 9.17) is 16.3 Å². The van der Waals surface area contributed by atoms with Crippen LogP contribution in [0.3, 0.4) is 0 Å². The summed E-state index contributed by atoms with van der Waals surface area (Å²) >= 11 is 9.51. The van der Waals surface area contributed by atoms with E-state index in [0.29, 0.717) is 0 Å². The third-order valence-corrected chi connectivity index (χ3v) is 3.71. The maximum atomic E-state index is 6.00. The van der Waals surface area contributed by atoms with Crippen molar-refractivity contribution in [3.63, 3.8) is 0 Å². The van der Waals surface area contributed by atoms with Gasteiger partial charge in [-0.15, -0.1) is 0 Å². The molecule has 2 aromatic carbocycles. The smallest absolute Gasteiger partial charge is 0.119 e. The number of benzene rings is 2. The van der Waals surface area contributed by atoms with Crippen LogP contribution in [0, 0.1) is 0 Å². The maximum absolute atomic E-state index is 6.00. The predicted octanol–water partition coefficient (Wildman–Crippen LogP) is 5.50. The Hall–Kier alpha value is -1.19. The van der Waals surface area contributed by atoms with E-state index in [9.17, 15) is 0 Å². The Morgan fingerprint density at radius 3 is 2.85 bits per heavy atom. The third-order valence-electron chi connectivity index (χ3n) is 2.78. The van der Waals surface area contributed by atoms with Crippen LogP contribution in [-0.2, 0) is 6.54 Å². The minimum absolute atomic E-state index is 0.718. The predicted molar refractivity (Wildman–Crippen MR) is 88.7 cm³/mol. The largest absolute Gasteiger partial charge is 0.494 e. The van der Waals surface area contributed by atoms with Gasteiger partial charge in [-0.25, -0.2) is 0 Å². The fraction of sp³-hybridized carbons (Fsp3) is 0.250. The van der Waals surface area contributed by atoms with Gasteiger partial charge in [0.25, 0.3) is 0 Å². The molecule has 0 saturated carbocycles. The summed E-state index contributed by atoms with van der Waals surface area (Å²) in [6, 6.07) is 13.8. The number of hydrogen-bond acceptors (Lipinski definition) is 2. The molecule has 0 aliphatic rings. The molecule has 0 fully saturated rings. The van der Waals surface area contributed by atoms with E-state index in [2.05, 4.69) is 40.3 Å². The molecule has 0 bridgehead atoms. The van der Waals surface area contributed by atoms with Gasteiger partial charge in [0.15, 0.2) is 0 Å². The molecule has 2 nitrogen and oxygen atoms in total. The van der Waals surface area contributed by atoms with E-state index in [1.165, 1.54) is 5.56 Å². The molecule has 0 atom stereocenters. The third kappa shape index (κ3) is 4.43. The summed E-state index contributed by atoms with van der Waals surface area (Å²) in [6.45, 7) is 3.57. The van der Waals surface area contributed by atoms with E-state index < -0.39 is 0 Å². The molecule has 0 spiro atoms. The molecule has 2 aromatic rings. The van der Waals surface area contributed by atoms with Crippen LogP contribution < -0.4 is 10.1 Å². The average Bonchev–Trinajstić information content (AvgIpc) is 2.46. The highest BCUT2D eigenvalue weighted by Crippen LogP contribution is 2.26. The summed E-state index contributed by atoms with van der Waals surface area (Å²) in [7, 11) is 0. The van der Waals surface area contributed by atoms with Crippen molar-refractivity contribution in [1.82, 2.24) is 0 Å². The Labute approximate surface area is 133 Å². The van der Waals surface area contributed by atoms with Crippen LogP contribution in [0.15, 0.2) is 46.9 Å². The number of anilines is 1. The SMILES string of the molecule is CCCOc1cccc(CNc2cc(Cl)ccc2Br)c1. The summed E-state index contributed by atoms with van der Waals surface area (Å²) < 4.78 is 6.63. The van der Waals surface area contributed by atoms with E-state index in [1.807, 2.05) is 30.3 Å². The van der Waals surface area contributed by atoms with Crippen molar-refractivity contribution in [3.8, 4) is 5.75 Å². The van der Waals surface area contributed by atoms with Gasteiger partial charge in [0.2, 0.25) is 0 Å². The number of nitrogens with one attached hydrogen (secondary N) is 1. The second-order valence-electron chi connectivity index (χ2n) is 4.47. The second-order valence-corrected chi connectivity index (χ2v) is 5.76. The van der Waals surface area contributed by atoms with Gasteiger partial charge in [-0.3, -0.25) is 0 Å². The number of ether oxygens (including phenoxy) is 1. The molecule has 0 radical (unpaired) electrons. The van der Waals surface area contributed by atoms with Gasteiger partial charge in [0, 0.05) is 16.0 Å². The molecule has 0 unspecified atom stereocenters. The summed E-state index contributed by atoms with van der Waals surface area (Å²) in [4.78, 5) is 0. The van der Waals surface area contributed by atoms with E-state index in [0.717, 1.165) is 40.5 Å². The first-order chi connectivity index (χ1) is 9.69. The highest BCUT2D eigenvalue weighted by molar-refractivity contribution is 9.10. The monoisotopic (exact) mass is 353 g/mol. The maximum Gasteiger partial charge on any atom is 0.119 e. The Morgan fingerprint density at radius 1 is 1.20 bits per heavy atom. The zero-order valence-electron chi connectivity index (χ0n) is 11.3. The Bertz CT molecular complexity index is 574. The van der Waals surface area contributed by atoms with Crippen molar-refractivity contribution in [3.05, 3.63) is 57.5 Å². The average molecular weight is 355 g/mol. The Balaban J connectivity index is 2.01. The lowest BCUT2D eigenvalue weighted by Crippen LogP contribution is -2.01. The molecule has 2 rings (SSSR count). The van der Waals surface area contributed by atoms with Gasteiger partial charge in [0.1, 0.15) is 5.75 Å². The fourth-order valence-corrected chi connectivity index (χ4v) is 2.35. The Kier molecular flexibility index (Phi) is 5.74. The van der Waals surface area contributed by atoms with Gasteiger partial charge in [0.05, 0.1) is 12.3 Å². The summed E-state index contributed by atoms with van der Waals surface area (Å²) in [5, 5.41) is 4.08. The van der Waals surface area contributed by atoms with Gasteiger partial charge in [-0.1, -0.05) is 30.7 Å². The van der Waals surface area contributed by atoms with Gasteiger partial charge < -0.3 is 10.1 Å². The van der Waals surface area contributed by atoms with E-state index in [-0.39, 0.29) is 0 Å². The highest BCUT2D eigenvalue weighted by atomic mass is 79.9. The lowest BCUT2D eigenvalue weighted by Gasteiger charge is -2.10. The fourth-order valence-electron chi connectivity index (χ4n) is 1.80. The van der Waals surface area contributed by atoms with Gasteiger partial charge >= 0.3 is 0 Å². The van der Waals surface area contributed by atoms with Crippen LogP contribution in [0.25, 0.3) is 0 Å². The molecule has 0 aliphatic carbocycles. The molecule has 0 aromatic heterocycles. The van der Waals surface area contributed by atoms with Crippen LogP contribution in [0.5, 0.6) is 5.75 Å². The minimum Gasteiger partial charge on any atom is -0.494 e. The van der Waals surface area contributed by atoms with Crippen LogP contribution >= 0.6 is 27.5 Å². The molecular formula is C16H17BrClNO. The standard InChI is InChI=1S/C16H17BrClNO/c1-2-8-20-14-5-3-4-12(9-14)11-19-16-10-13(18)6-7-15(16)17/h3-7,9-10,19H,2,8,11H2,1H3. The minimum atomic E-state index is 0.718. The van der Waals surface area contributed by atoms with E-state index in [1.54, 1.807) is 0 Å². The molecule has 0 amide bonds.